The molecular formula is C17H20N2OS. The summed E-state index contributed by atoms with van der Waals surface area (Å²) in [6.07, 6.45) is 1.88. The van der Waals surface area contributed by atoms with Gasteiger partial charge in [0, 0.05) is 24.9 Å². The van der Waals surface area contributed by atoms with Gasteiger partial charge >= 0.3 is 0 Å². The minimum absolute atomic E-state index is 0.0655. The number of rotatable bonds is 3. The molecule has 2 heterocycles. The molecule has 0 saturated carbocycles. The molecule has 0 atom stereocenters. The Balaban J connectivity index is 1.73. The summed E-state index contributed by atoms with van der Waals surface area (Å²) in [7, 11) is 0. The van der Waals surface area contributed by atoms with Gasteiger partial charge in [-0.25, -0.2) is 4.98 Å². The molecule has 0 fully saturated rings. The molecule has 3 rings (SSSR count). The largest absolute Gasteiger partial charge is 0.333 e. The van der Waals surface area contributed by atoms with E-state index in [2.05, 4.69) is 37.0 Å². The minimum Gasteiger partial charge on any atom is -0.333 e. The Kier molecular flexibility index (Phi) is 4.06. The smallest absolute Gasteiger partial charge is 0.273 e. The number of fused-ring (bicyclic) bond motifs is 1. The number of aromatic nitrogens is 1. The molecule has 0 N–H and O–H groups in total. The lowest BCUT2D eigenvalue weighted by Gasteiger charge is -2.28. The van der Waals surface area contributed by atoms with Gasteiger partial charge in [-0.05, 0) is 23.5 Å². The lowest BCUT2D eigenvalue weighted by atomic mass is 10.00. The molecule has 0 radical (unpaired) electrons. The Morgan fingerprint density at radius 3 is 2.86 bits per heavy atom. The van der Waals surface area contributed by atoms with Crippen molar-refractivity contribution in [1.29, 1.82) is 0 Å². The molecule has 3 nitrogen and oxygen atoms in total. The van der Waals surface area contributed by atoms with Crippen molar-refractivity contribution in [1.82, 2.24) is 9.88 Å². The molecule has 110 valence electrons. The first-order valence-corrected chi connectivity index (χ1v) is 8.32. The maximum Gasteiger partial charge on any atom is 0.273 e. The van der Waals surface area contributed by atoms with Crippen molar-refractivity contribution < 1.29 is 4.79 Å². The van der Waals surface area contributed by atoms with E-state index in [1.165, 1.54) is 11.1 Å². The average Bonchev–Trinajstić information content (AvgIpc) is 2.93. The van der Waals surface area contributed by atoms with Crippen LogP contribution in [0.2, 0.25) is 0 Å². The van der Waals surface area contributed by atoms with Crippen LogP contribution in [0.25, 0.3) is 0 Å². The third-order valence-electron chi connectivity index (χ3n) is 3.77. The first-order chi connectivity index (χ1) is 10.1. The van der Waals surface area contributed by atoms with Crippen LogP contribution in [-0.2, 0) is 19.4 Å². The lowest BCUT2D eigenvalue weighted by molar-refractivity contribution is 0.0729. The van der Waals surface area contributed by atoms with Gasteiger partial charge in [-0.2, -0.15) is 0 Å². The minimum atomic E-state index is 0.0655. The van der Waals surface area contributed by atoms with Gasteiger partial charge in [-0.1, -0.05) is 38.1 Å². The number of amides is 1. The van der Waals surface area contributed by atoms with Crippen LogP contribution < -0.4 is 0 Å². The molecule has 0 spiro atoms. The quantitative estimate of drug-likeness (QED) is 0.868. The summed E-state index contributed by atoms with van der Waals surface area (Å²) in [5.41, 5.74) is 3.23. The molecule has 0 aliphatic carbocycles. The van der Waals surface area contributed by atoms with Crippen LogP contribution in [0.3, 0.4) is 0 Å². The maximum atomic E-state index is 12.6. The van der Waals surface area contributed by atoms with Crippen LogP contribution >= 0.6 is 11.3 Å². The van der Waals surface area contributed by atoms with Crippen LogP contribution in [-0.4, -0.2) is 22.3 Å². The molecule has 1 aromatic heterocycles. The van der Waals surface area contributed by atoms with Gasteiger partial charge in [-0.3, -0.25) is 4.79 Å². The zero-order chi connectivity index (χ0) is 14.8. The van der Waals surface area contributed by atoms with Crippen LogP contribution in [0, 0.1) is 5.92 Å². The molecule has 0 bridgehead atoms. The van der Waals surface area contributed by atoms with Crippen LogP contribution in [0.4, 0.5) is 0 Å². The van der Waals surface area contributed by atoms with Gasteiger partial charge in [0.25, 0.3) is 5.91 Å². The molecule has 2 aromatic rings. The second-order valence-corrected chi connectivity index (χ2v) is 6.91. The number of carbonyl (C=O) groups excluding carboxylic acids is 1. The second-order valence-electron chi connectivity index (χ2n) is 5.97. The number of hydrogen-bond donors (Lipinski definition) is 0. The molecule has 1 aliphatic heterocycles. The molecular weight excluding hydrogens is 280 g/mol. The van der Waals surface area contributed by atoms with E-state index < -0.39 is 0 Å². The summed E-state index contributed by atoms with van der Waals surface area (Å²) in [4.78, 5) is 19.0. The monoisotopic (exact) mass is 300 g/mol. The highest BCUT2D eigenvalue weighted by Crippen LogP contribution is 2.21. The number of nitrogens with zero attached hydrogens (tertiary/aromatic N) is 2. The first kappa shape index (κ1) is 14.3. The number of carbonyl (C=O) groups is 1. The van der Waals surface area contributed by atoms with Crippen molar-refractivity contribution >= 4 is 17.2 Å². The van der Waals surface area contributed by atoms with E-state index in [4.69, 9.17) is 0 Å². The molecule has 4 heteroatoms. The third kappa shape index (κ3) is 3.16. The van der Waals surface area contributed by atoms with Gasteiger partial charge in [0.2, 0.25) is 0 Å². The molecule has 0 unspecified atom stereocenters. The summed E-state index contributed by atoms with van der Waals surface area (Å²) >= 11 is 1.60. The zero-order valence-corrected chi connectivity index (χ0v) is 13.3. The highest BCUT2D eigenvalue weighted by atomic mass is 32.1. The highest BCUT2D eigenvalue weighted by molar-refractivity contribution is 7.09. The van der Waals surface area contributed by atoms with E-state index in [1.807, 2.05) is 16.3 Å². The summed E-state index contributed by atoms with van der Waals surface area (Å²) in [5.74, 6) is 0.636. The van der Waals surface area contributed by atoms with E-state index in [9.17, 15) is 4.79 Å². The Labute approximate surface area is 129 Å². The van der Waals surface area contributed by atoms with Crippen molar-refractivity contribution in [3.8, 4) is 0 Å². The number of thiazole rings is 1. The summed E-state index contributed by atoms with van der Waals surface area (Å²) in [6.45, 7) is 5.83. The van der Waals surface area contributed by atoms with Gasteiger partial charge in [0.15, 0.2) is 0 Å². The fourth-order valence-corrected chi connectivity index (χ4v) is 3.66. The Hall–Kier alpha value is -1.68. The van der Waals surface area contributed by atoms with Gasteiger partial charge in [-0.15, -0.1) is 11.3 Å². The average molecular weight is 300 g/mol. The van der Waals surface area contributed by atoms with Crippen molar-refractivity contribution in [2.45, 2.75) is 33.2 Å². The van der Waals surface area contributed by atoms with Crippen LogP contribution in [0.1, 0.15) is 40.5 Å². The molecule has 1 aliphatic rings. The molecule has 1 amide bonds. The molecule has 1 aromatic carbocycles. The summed E-state index contributed by atoms with van der Waals surface area (Å²) in [5, 5.41) is 2.96. The third-order valence-corrected chi connectivity index (χ3v) is 4.64. The molecule has 0 saturated heterocycles. The van der Waals surface area contributed by atoms with Gasteiger partial charge in [0.05, 0.1) is 5.01 Å². The zero-order valence-electron chi connectivity index (χ0n) is 12.5. The summed E-state index contributed by atoms with van der Waals surface area (Å²) in [6, 6.07) is 8.37. The first-order valence-electron chi connectivity index (χ1n) is 7.44. The summed E-state index contributed by atoms with van der Waals surface area (Å²) < 4.78 is 0. The van der Waals surface area contributed by atoms with E-state index in [1.54, 1.807) is 11.3 Å². The van der Waals surface area contributed by atoms with Crippen molar-refractivity contribution in [3.63, 3.8) is 0 Å². The van der Waals surface area contributed by atoms with Crippen molar-refractivity contribution in [2.75, 3.05) is 6.54 Å². The SMILES string of the molecule is CC(C)Cc1nc(C(=O)N2CCc3ccccc3C2)cs1. The Morgan fingerprint density at radius 1 is 1.33 bits per heavy atom. The fraction of sp³-hybridized carbons (Fsp3) is 0.412. The van der Waals surface area contributed by atoms with E-state index >= 15 is 0 Å². The standard InChI is InChI=1S/C17H20N2OS/c1-12(2)9-16-18-15(11-21-16)17(20)19-8-7-13-5-3-4-6-14(13)10-19/h3-6,11-12H,7-10H2,1-2H3. The number of benzene rings is 1. The highest BCUT2D eigenvalue weighted by Gasteiger charge is 2.23. The lowest BCUT2D eigenvalue weighted by Crippen LogP contribution is -2.36. The van der Waals surface area contributed by atoms with Gasteiger partial charge in [0.1, 0.15) is 5.69 Å². The topological polar surface area (TPSA) is 33.2 Å². The van der Waals surface area contributed by atoms with Crippen LogP contribution in [0.15, 0.2) is 29.6 Å². The molecule has 21 heavy (non-hydrogen) atoms. The normalized spacial score (nSPS) is 14.3. The van der Waals surface area contributed by atoms with Crippen molar-refractivity contribution in [3.05, 3.63) is 51.5 Å². The fourth-order valence-electron chi connectivity index (χ4n) is 2.68. The van der Waals surface area contributed by atoms with Gasteiger partial charge < -0.3 is 4.90 Å². The Morgan fingerprint density at radius 2 is 2.10 bits per heavy atom. The second kappa shape index (κ2) is 5.98. The van der Waals surface area contributed by atoms with Crippen LogP contribution in [0.5, 0.6) is 0 Å². The van der Waals surface area contributed by atoms with E-state index in [0.29, 0.717) is 18.2 Å². The maximum absolute atomic E-state index is 12.6. The van der Waals surface area contributed by atoms with E-state index in [0.717, 1.165) is 24.4 Å². The predicted molar refractivity (Wildman–Crippen MR) is 85.5 cm³/mol. The van der Waals surface area contributed by atoms with E-state index in [-0.39, 0.29) is 5.91 Å². The van der Waals surface area contributed by atoms with Crippen molar-refractivity contribution in [2.24, 2.45) is 5.92 Å². The number of hydrogen-bond acceptors (Lipinski definition) is 3. The Bertz CT molecular complexity index is 648. The predicted octanol–water partition coefficient (Wildman–Crippen LogP) is 3.54.